The summed E-state index contributed by atoms with van der Waals surface area (Å²) in [6.07, 6.45) is 0.716. The van der Waals surface area contributed by atoms with Crippen LogP contribution in [0.4, 0.5) is 0 Å². The molecule has 0 heterocycles. The van der Waals surface area contributed by atoms with Gasteiger partial charge in [0.2, 0.25) is 0 Å². The fraction of sp³-hybridized carbons (Fsp3) is 0.222. The number of aldehydes is 1. The number of ether oxygens (including phenoxy) is 1. The van der Waals surface area contributed by atoms with Crippen LogP contribution in [0, 0.1) is 3.57 Å². The van der Waals surface area contributed by atoms with Gasteiger partial charge in [0.15, 0.2) is 6.29 Å². The zero-order chi connectivity index (χ0) is 9.84. The number of methoxy groups -OCH3 is 1. The van der Waals surface area contributed by atoms with E-state index in [1.165, 1.54) is 7.11 Å². The Morgan fingerprint density at radius 3 is 2.77 bits per heavy atom. The van der Waals surface area contributed by atoms with Gasteiger partial charge in [0.1, 0.15) is 5.75 Å². The number of hydrogen-bond donors (Lipinski definition) is 1. The quantitative estimate of drug-likeness (QED) is 0.680. The first-order chi connectivity index (χ1) is 6.22. The summed E-state index contributed by atoms with van der Waals surface area (Å²) in [4.78, 5) is 10.6. The Kier molecular flexibility index (Phi) is 3.68. The van der Waals surface area contributed by atoms with E-state index in [1.54, 1.807) is 12.1 Å². The average molecular weight is 292 g/mol. The van der Waals surface area contributed by atoms with Crippen LogP contribution in [0.15, 0.2) is 12.1 Å². The molecule has 1 N–H and O–H groups in total. The fourth-order valence-corrected chi connectivity index (χ4v) is 1.62. The third-order valence-corrected chi connectivity index (χ3v) is 2.70. The highest BCUT2D eigenvalue weighted by Gasteiger charge is 2.06. The molecular weight excluding hydrogens is 283 g/mol. The lowest BCUT2D eigenvalue weighted by Gasteiger charge is -2.07. The average Bonchev–Trinajstić information content (AvgIpc) is 2.17. The van der Waals surface area contributed by atoms with Crippen molar-refractivity contribution in [2.24, 2.45) is 0 Å². The Morgan fingerprint density at radius 2 is 2.31 bits per heavy atom. The summed E-state index contributed by atoms with van der Waals surface area (Å²) in [6, 6.07) is 3.36. The van der Waals surface area contributed by atoms with Crippen LogP contribution >= 0.6 is 22.6 Å². The van der Waals surface area contributed by atoms with Crippen LogP contribution in [0.3, 0.4) is 0 Å². The van der Waals surface area contributed by atoms with Gasteiger partial charge in [-0.1, -0.05) is 0 Å². The molecule has 0 saturated heterocycles. The Morgan fingerprint density at radius 1 is 1.62 bits per heavy atom. The number of rotatable bonds is 3. The van der Waals surface area contributed by atoms with Gasteiger partial charge < -0.3 is 9.84 Å². The van der Waals surface area contributed by atoms with E-state index in [-0.39, 0.29) is 6.61 Å². The highest BCUT2D eigenvalue weighted by atomic mass is 127. The molecule has 70 valence electrons. The largest absolute Gasteiger partial charge is 0.496 e. The highest BCUT2D eigenvalue weighted by molar-refractivity contribution is 14.1. The molecular formula is C9H9IO3. The molecule has 0 aliphatic rings. The number of carbonyl (C=O) groups is 1. The zero-order valence-corrected chi connectivity index (χ0v) is 9.24. The van der Waals surface area contributed by atoms with Gasteiger partial charge in [0.05, 0.1) is 19.3 Å². The van der Waals surface area contributed by atoms with Crippen molar-refractivity contribution >= 4 is 28.9 Å². The predicted octanol–water partition coefficient (Wildman–Crippen LogP) is 1.60. The highest BCUT2D eigenvalue weighted by Crippen LogP contribution is 2.23. The number of aliphatic hydroxyl groups is 1. The van der Waals surface area contributed by atoms with Crippen molar-refractivity contribution in [1.82, 2.24) is 0 Å². The summed E-state index contributed by atoms with van der Waals surface area (Å²) in [5.41, 5.74) is 1.20. The van der Waals surface area contributed by atoms with Crippen LogP contribution in [-0.2, 0) is 6.61 Å². The van der Waals surface area contributed by atoms with E-state index in [1.807, 2.05) is 0 Å². The van der Waals surface area contributed by atoms with Gasteiger partial charge in [-0.3, -0.25) is 4.79 Å². The number of hydrogen-bond acceptors (Lipinski definition) is 3. The Hall–Kier alpha value is -0.620. The van der Waals surface area contributed by atoms with Gasteiger partial charge in [-0.2, -0.15) is 0 Å². The monoisotopic (exact) mass is 292 g/mol. The number of benzene rings is 1. The molecule has 1 rings (SSSR count). The van der Waals surface area contributed by atoms with Crippen molar-refractivity contribution < 1.29 is 14.6 Å². The maximum Gasteiger partial charge on any atom is 0.153 e. The van der Waals surface area contributed by atoms with Gasteiger partial charge in [0, 0.05) is 3.57 Å². The molecule has 0 fully saturated rings. The SMILES string of the molecule is COc1cc(I)c(CO)cc1C=O. The van der Waals surface area contributed by atoms with Gasteiger partial charge in [-0.05, 0) is 40.3 Å². The summed E-state index contributed by atoms with van der Waals surface area (Å²) >= 11 is 2.09. The van der Waals surface area contributed by atoms with Crippen LogP contribution in [0.2, 0.25) is 0 Å². The van der Waals surface area contributed by atoms with E-state index in [0.29, 0.717) is 17.6 Å². The number of halogens is 1. The summed E-state index contributed by atoms with van der Waals surface area (Å²) in [5.74, 6) is 0.539. The molecule has 0 saturated carbocycles. The van der Waals surface area contributed by atoms with Crippen LogP contribution in [-0.4, -0.2) is 18.5 Å². The van der Waals surface area contributed by atoms with Crippen LogP contribution in [0.1, 0.15) is 15.9 Å². The Labute approximate surface area is 89.9 Å². The molecule has 0 unspecified atom stereocenters. The minimum atomic E-state index is -0.0664. The second kappa shape index (κ2) is 4.57. The molecule has 0 spiro atoms. The van der Waals surface area contributed by atoms with Gasteiger partial charge >= 0.3 is 0 Å². The van der Waals surface area contributed by atoms with Gasteiger partial charge in [-0.25, -0.2) is 0 Å². The number of aliphatic hydroxyl groups excluding tert-OH is 1. The normalized spacial score (nSPS) is 9.77. The van der Waals surface area contributed by atoms with Crippen molar-refractivity contribution in [3.8, 4) is 5.75 Å². The maximum absolute atomic E-state index is 10.6. The molecule has 4 heteroatoms. The molecule has 1 aromatic carbocycles. The topological polar surface area (TPSA) is 46.5 Å². The number of carbonyl (C=O) groups excluding carboxylic acids is 1. The summed E-state index contributed by atoms with van der Waals surface area (Å²) in [6.45, 7) is -0.0664. The van der Waals surface area contributed by atoms with Crippen LogP contribution in [0.25, 0.3) is 0 Å². The molecule has 1 aromatic rings. The van der Waals surface area contributed by atoms with Crippen molar-refractivity contribution in [2.75, 3.05) is 7.11 Å². The molecule has 0 bridgehead atoms. The molecule has 3 nitrogen and oxygen atoms in total. The van der Waals surface area contributed by atoms with E-state index in [4.69, 9.17) is 9.84 Å². The van der Waals surface area contributed by atoms with Crippen molar-refractivity contribution in [3.05, 3.63) is 26.8 Å². The molecule has 0 aliphatic heterocycles. The molecule has 0 amide bonds. The Bertz CT molecular complexity index is 323. The zero-order valence-electron chi connectivity index (χ0n) is 7.08. The molecule has 0 atom stereocenters. The minimum absolute atomic E-state index is 0.0664. The smallest absolute Gasteiger partial charge is 0.153 e. The van der Waals surface area contributed by atoms with E-state index >= 15 is 0 Å². The summed E-state index contributed by atoms with van der Waals surface area (Å²) in [7, 11) is 1.51. The first-order valence-electron chi connectivity index (χ1n) is 3.65. The molecule has 0 aliphatic carbocycles. The first kappa shape index (κ1) is 10.5. The summed E-state index contributed by atoms with van der Waals surface area (Å²) in [5, 5.41) is 8.94. The Balaban J connectivity index is 3.26. The lowest BCUT2D eigenvalue weighted by Crippen LogP contribution is -1.96. The van der Waals surface area contributed by atoms with Crippen LogP contribution < -0.4 is 4.74 Å². The first-order valence-corrected chi connectivity index (χ1v) is 4.73. The predicted molar refractivity (Wildman–Crippen MR) is 57.0 cm³/mol. The van der Waals surface area contributed by atoms with E-state index in [2.05, 4.69) is 22.6 Å². The van der Waals surface area contributed by atoms with E-state index in [9.17, 15) is 4.79 Å². The second-order valence-electron chi connectivity index (χ2n) is 2.46. The third kappa shape index (κ3) is 2.19. The lowest BCUT2D eigenvalue weighted by molar-refractivity contribution is 0.112. The molecule has 13 heavy (non-hydrogen) atoms. The van der Waals surface area contributed by atoms with Gasteiger partial charge in [0.25, 0.3) is 0 Å². The fourth-order valence-electron chi connectivity index (χ4n) is 1.01. The van der Waals surface area contributed by atoms with Crippen molar-refractivity contribution in [2.45, 2.75) is 6.61 Å². The third-order valence-electron chi connectivity index (χ3n) is 1.70. The molecule has 0 aromatic heterocycles. The van der Waals surface area contributed by atoms with E-state index < -0.39 is 0 Å². The van der Waals surface area contributed by atoms with Crippen molar-refractivity contribution in [1.29, 1.82) is 0 Å². The lowest BCUT2D eigenvalue weighted by atomic mass is 10.1. The molecule has 0 radical (unpaired) electrons. The standard InChI is InChI=1S/C9H9IO3/c1-13-9-3-8(10)6(4-11)2-7(9)5-12/h2-3,5,11H,4H2,1H3. The van der Waals surface area contributed by atoms with E-state index in [0.717, 1.165) is 9.13 Å². The van der Waals surface area contributed by atoms with Crippen LogP contribution in [0.5, 0.6) is 5.75 Å². The minimum Gasteiger partial charge on any atom is -0.496 e. The van der Waals surface area contributed by atoms with Crippen molar-refractivity contribution in [3.63, 3.8) is 0 Å². The maximum atomic E-state index is 10.6. The second-order valence-corrected chi connectivity index (χ2v) is 3.62. The summed E-state index contributed by atoms with van der Waals surface area (Å²) < 4.78 is 5.89. The van der Waals surface area contributed by atoms with Gasteiger partial charge in [-0.15, -0.1) is 0 Å².